The Balaban J connectivity index is 1.74. The van der Waals surface area contributed by atoms with E-state index >= 15 is 0 Å². The molecule has 0 bridgehead atoms. The second-order valence-electron chi connectivity index (χ2n) is 6.97. The van der Waals surface area contributed by atoms with E-state index in [1.54, 1.807) is 0 Å². The fourth-order valence-electron chi connectivity index (χ4n) is 3.91. The van der Waals surface area contributed by atoms with Crippen LogP contribution in [0.2, 0.25) is 0 Å². The van der Waals surface area contributed by atoms with Gasteiger partial charge in [0, 0.05) is 29.9 Å². The lowest BCUT2D eigenvalue weighted by Crippen LogP contribution is -2.20. The molecule has 2 aromatic heterocycles. The zero-order valence-electron chi connectivity index (χ0n) is 14.5. The maximum absolute atomic E-state index is 8.95. The number of hydrogen-bond donors (Lipinski definition) is 1. The van der Waals surface area contributed by atoms with Crippen molar-refractivity contribution in [2.45, 2.75) is 45.2 Å². The van der Waals surface area contributed by atoms with Crippen molar-refractivity contribution in [1.29, 1.82) is 5.26 Å². The van der Waals surface area contributed by atoms with Gasteiger partial charge in [-0.3, -0.25) is 0 Å². The van der Waals surface area contributed by atoms with Gasteiger partial charge in [-0.15, -0.1) is 0 Å². The largest absolute Gasteiger partial charge is 0.327 e. The van der Waals surface area contributed by atoms with Crippen LogP contribution in [-0.2, 0) is 19.4 Å². The summed E-state index contributed by atoms with van der Waals surface area (Å²) in [4.78, 5) is 4.72. The predicted octanol–water partition coefficient (Wildman–Crippen LogP) is 3.80. The van der Waals surface area contributed by atoms with E-state index in [1.807, 2.05) is 30.5 Å². The molecule has 4 rings (SSSR count). The van der Waals surface area contributed by atoms with Gasteiger partial charge in [-0.05, 0) is 67.5 Å². The Hall–Kier alpha value is -2.64. The first kappa shape index (κ1) is 15.9. The molecular formula is C21H22N4. The number of nitriles is 1. The van der Waals surface area contributed by atoms with Crippen LogP contribution in [0.5, 0.6) is 0 Å². The van der Waals surface area contributed by atoms with Crippen LogP contribution in [-0.4, -0.2) is 9.55 Å². The molecule has 4 heteroatoms. The summed E-state index contributed by atoms with van der Waals surface area (Å²) in [6.45, 7) is 2.81. The summed E-state index contributed by atoms with van der Waals surface area (Å²) in [5.74, 6) is 0. The molecule has 0 fully saturated rings. The molecule has 2 N–H and O–H groups in total. The van der Waals surface area contributed by atoms with E-state index in [1.165, 1.54) is 35.0 Å². The van der Waals surface area contributed by atoms with E-state index in [0.29, 0.717) is 12.1 Å². The Labute approximate surface area is 147 Å². The molecule has 0 aliphatic heterocycles. The van der Waals surface area contributed by atoms with Crippen molar-refractivity contribution in [2.24, 2.45) is 5.73 Å². The summed E-state index contributed by atoms with van der Waals surface area (Å²) in [6, 6.07) is 11.9. The van der Waals surface area contributed by atoms with Gasteiger partial charge in [-0.25, -0.2) is 4.98 Å². The van der Waals surface area contributed by atoms with E-state index in [9.17, 15) is 0 Å². The highest BCUT2D eigenvalue weighted by Gasteiger charge is 2.22. The lowest BCUT2D eigenvalue weighted by atomic mass is 9.95. The second-order valence-corrected chi connectivity index (χ2v) is 6.97. The quantitative estimate of drug-likeness (QED) is 0.794. The van der Waals surface area contributed by atoms with Gasteiger partial charge in [0.15, 0.2) is 0 Å². The maximum Gasteiger partial charge on any atom is 0.140 e. The Morgan fingerprint density at radius 3 is 2.76 bits per heavy atom. The Kier molecular flexibility index (Phi) is 4.03. The highest BCUT2D eigenvalue weighted by Crippen LogP contribution is 2.32. The standard InChI is InChI=1S/C21H22N4/c1-14-10-18-17-4-2-3-5-20(17)25(21(18)24-12-14)13-19(23)16-8-6-15(11-22)7-9-16/h6-10,12,19H,2-5,13,23H2,1H3. The SMILES string of the molecule is Cc1cnc2c(c1)c1c(n2CC(N)c2ccc(C#N)cc2)CCCC1. The van der Waals surface area contributed by atoms with Crippen LogP contribution in [0.25, 0.3) is 11.0 Å². The molecule has 1 aromatic carbocycles. The van der Waals surface area contributed by atoms with Gasteiger partial charge < -0.3 is 10.3 Å². The van der Waals surface area contributed by atoms with Crippen LogP contribution in [0.3, 0.4) is 0 Å². The molecule has 2 heterocycles. The van der Waals surface area contributed by atoms with E-state index < -0.39 is 0 Å². The monoisotopic (exact) mass is 330 g/mol. The van der Waals surface area contributed by atoms with E-state index in [4.69, 9.17) is 16.0 Å². The fourth-order valence-corrected chi connectivity index (χ4v) is 3.91. The molecule has 126 valence electrons. The molecular weight excluding hydrogens is 308 g/mol. The molecule has 3 aromatic rings. The summed E-state index contributed by atoms with van der Waals surface area (Å²) < 4.78 is 2.33. The van der Waals surface area contributed by atoms with Gasteiger partial charge in [0.2, 0.25) is 0 Å². The Bertz CT molecular complexity index is 960. The first-order valence-electron chi connectivity index (χ1n) is 8.89. The normalized spacial score (nSPS) is 14.9. The van der Waals surface area contributed by atoms with Gasteiger partial charge in [0.1, 0.15) is 5.65 Å². The molecule has 1 aliphatic carbocycles. The first-order chi connectivity index (χ1) is 12.2. The minimum atomic E-state index is -0.113. The van der Waals surface area contributed by atoms with Gasteiger partial charge >= 0.3 is 0 Å². The van der Waals surface area contributed by atoms with Gasteiger partial charge in [0.05, 0.1) is 11.6 Å². The summed E-state index contributed by atoms with van der Waals surface area (Å²) >= 11 is 0. The third kappa shape index (κ3) is 2.81. The van der Waals surface area contributed by atoms with Crippen molar-refractivity contribution < 1.29 is 0 Å². The molecule has 25 heavy (non-hydrogen) atoms. The van der Waals surface area contributed by atoms with Crippen LogP contribution >= 0.6 is 0 Å². The number of nitrogens with zero attached hydrogens (tertiary/aromatic N) is 3. The van der Waals surface area contributed by atoms with Crippen molar-refractivity contribution in [3.8, 4) is 6.07 Å². The first-order valence-corrected chi connectivity index (χ1v) is 8.89. The van der Waals surface area contributed by atoms with Crippen LogP contribution < -0.4 is 5.73 Å². The van der Waals surface area contributed by atoms with Crippen molar-refractivity contribution in [3.05, 3.63) is 64.5 Å². The summed E-state index contributed by atoms with van der Waals surface area (Å²) in [5.41, 5.74) is 13.3. The minimum absolute atomic E-state index is 0.113. The third-order valence-corrected chi connectivity index (χ3v) is 5.20. The minimum Gasteiger partial charge on any atom is -0.327 e. The number of benzene rings is 1. The Morgan fingerprint density at radius 2 is 2.00 bits per heavy atom. The molecule has 0 saturated heterocycles. The smallest absolute Gasteiger partial charge is 0.140 e. The van der Waals surface area contributed by atoms with Crippen molar-refractivity contribution in [3.63, 3.8) is 0 Å². The van der Waals surface area contributed by atoms with Crippen molar-refractivity contribution in [2.75, 3.05) is 0 Å². The molecule has 1 unspecified atom stereocenters. The van der Waals surface area contributed by atoms with Crippen LogP contribution in [0.4, 0.5) is 0 Å². The number of aryl methyl sites for hydroxylation is 2. The zero-order chi connectivity index (χ0) is 17.4. The molecule has 0 saturated carbocycles. The highest BCUT2D eigenvalue weighted by molar-refractivity contribution is 5.83. The number of aromatic nitrogens is 2. The summed E-state index contributed by atoms with van der Waals surface area (Å²) in [6.07, 6.45) is 6.66. The van der Waals surface area contributed by atoms with Crippen LogP contribution in [0, 0.1) is 18.3 Å². The highest BCUT2D eigenvalue weighted by atomic mass is 15.1. The number of fused-ring (bicyclic) bond motifs is 3. The fraction of sp³-hybridized carbons (Fsp3) is 0.333. The number of nitrogens with two attached hydrogens (primary N) is 1. The molecule has 0 spiro atoms. The summed E-state index contributed by atoms with van der Waals surface area (Å²) in [7, 11) is 0. The average molecular weight is 330 g/mol. The topological polar surface area (TPSA) is 67.6 Å². The van der Waals surface area contributed by atoms with Gasteiger partial charge in [-0.2, -0.15) is 5.26 Å². The van der Waals surface area contributed by atoms with E-state index in [-0.39, 0.29) is 6.04 Å². The van der Waals surface area contributed by atoms with Gasteiger partial charge in [0.25, 0.3) is 0 Å². The van der Waals surface area contributed by atoms with Crippen LogP contribution in [0.1, 0.15) is 46.8 Å². The lowest BCUT2D eigenvalue weighted by Gasteiger charge is -2.19. The van der Waals surface area contributed by atoms with E-state index in [0.717, 1.165) is 24.1 Å². The Morgan fingerprint density at radius 1 is 1.24 bits per heavy atom. The summed E-state index contributed by atoms with van der Waals surface area (Å²) in [5, 5.41) is 10.2. The molecule has 0 amide bonds. The maximum atomic E-state index is 8.95. The molecule has 0 radical (unpaired) electrons. The molecule has 1 atom stereocenters. The molecule has 1 aliphatic rings. The number of rotatable bonds is 3. The van der Waals surface area contributed by atoms with Crippen LogP contribution in [0.15, 0.2) is 36.5 Å². The molecule has 4 nitrogen and oxygen atoms in total. The number of pyridine rings is 1. The van der Waals surface area contributed by atoms with Crippen molar-refractivity contribution >= 4 is 11.0 Å². The predicted molar refractivity (Wildman–Crippen MR) is 99.2 cm³/mol. The third-order valence-electron chi connectivity index (χ3n) is 5.20. The number of hydrogen-bond acceptors (Lipinski definition) is 3. The average Bonchev–Trinajstić information content (AvgIpc) is 2.95. The second kappa shape index (κ2) is 6.34. The van der Waals surface area contributed by atoms with E-state index in [2.05, 4.69) is 23.6 Å². The zero-order valence-corrected chi connectivity index (χ0v) is 14.5. The van der Waals surface area contributed by atoms with Gasteiger partial charge in [-0.1, -0.05) is 12.1 Å². The lowest BCUT2D eigenvalue weighted by molar-refractivity contribution is 0.549. The van der Waals surface area contributed by atoms with Crippen molar-refractivity contribution in [1.82, 2.24) is 9.55 Å².